The highest BCUT2D eigenvalue weighted by Gasteiger charge is 2.30. The van der Waals surface area contributed by atoms with E-state index in [1.54, 1.807) is 12.1 Å². The molecule has 1 aliphatic rings. The summed E-state index contributed by atoms with van der Waals surface area (Å²) in [4.78, 5) is 6.93. The average Bonchev–Trinajstić information content (AvgIpc) is 3.08. The molecule has 2 atom stereocenters. The summed E-state index contributed by atoms with van der Waals surface area (Å²) in [5.74, 6) is 0.973. The van der Waals surface area contributed by atoms with Crippen LogP contribution in [0.15, 0.2) is 36.4 Å². The van der Waals surface area contributed by atoms with Crippen molar-refractivity contribution in [1.82, 2.24) is 20.5 Å². The van der Waals surface area contributed by atoms with Crippen LogP contribution in [0.25, 0.3) is 0 Å². The van der Waals surface area contributed by atoms with Gasteiger partial charge in [-0.3, -0.25) is 0 Å². The molecule has 0 amide bonds. The molecule has 1 aromatic heterocycles. The number of nitrogen functional groups attached to an aromatic ring is 1. The molecule has 1 aliphatic heterocycles. The number of halogens is 5. The molecule has 0 bridgehead atoms. The molecule has 0 saturated carbocycles. The van der Waals surface area contributed by atoms with E-state index in [0.29, 0.717) is 17.8 Å². The van der Waals surface area contributed by atoms with Gasteiger partial charge in [0.05, 0.1) is 0 Å². The highest BCUT2D eigenvalue weighted by Crippen LogP contribution is 2.20. The van der Waals surface area contributed by atoms with Gasteiger partial charge in [-0.25, -0.2) is 9.37 Å². The highest BCUT2D eigenvalue weighted by atomic mass is 35.5. The lowest BCUT2D eigenvalue weighted by Crippen LogP contribution is -2.42. The number of hydrogen-bond donors (Lipinski definition) is 3. The maximum Gasteiger partial charge on any atom is 0.123 e. The van der Waals surface area contributed by atoms with Crippen LogP contribution >= 0.6 is 49.6 Å². The summed E-state index contributed by atoms with van der Waals surface area (Å²) in [7, 11) is 2.19. The smallest absolute Gasteiger partial charge is 0.123 e. The van der Waals surface area contributed by atoms with Crippen LogP contribution in [0.2, 0.25) is 0 Å². The van der Waals surface area contributed by atoms with Crippen molar-refractivity contribution in [2.45, 2.75) is 25.8 Å². The van der Waals surface area contributed by atoms with Gasteiger partial charge in [0.1, 0.15) is 11.6 Å². The highest BCUT2D eigenvalue weighted by molar-refractivity contribution is 5.86. The summed E-state index contributed by atoms with van der Waals surface area (Å²) in [6.45, 7) is 6.84. The van der Waals surface area contributed by atoms with Crippen LogP contribution in [-0.2, 0) is 12.8 Å². The number of rotatable bonds is 9. The molecular weight excluding hydrogens is 495 g/mol. The van der Waals surface area contributed by atoms with E-state index in [2.05, 4.69) is 40.6 Å². The fraction of sp³-hybridized carbons (Fsp3) is 0.500. The summed E-state index contributed by atoms with van der Waals surface area (Å²) in [6, 6.07) is 11.4. The fourth-order valence-corrected chi connectivity index (χ4v) is 4.06. The number of likely N-dealkylation sites (N-methyl/N-ethyl adjacent to an activating group) is 1. The molecule has 5 nitrogen and oxygen atoms in total. The van der Waals surface area contributed by atoms with Crippen molar-refractivity contribution >= 4 is 55.4 Å². The topological polar surface area (TPSA) is 66.2 Å². The molecule has 0 spiro atoms. The number of nitrogens with one attached hydrogen (secondary N) is 2. The Balaban J connectivity index is 0. The van der Waals surface area contributed by atoms with Gasteiger partial charge >= 0.3 is 0 Å². The number of nitrogens with zero attached hydrogens (tertiary/aromatic N) is 2. The van der Waals surface area contributed by atoms with Crippen LogP contribution in [-0.4, -0.2) is 55.7 Å². The minimum atomic E-state index is -0.165. The zero-order valence-electron chi connectivity index (χ0n) is 18.6. The number of pyridine rings is 1. The van der Waals surface area contributed by atoms with Gasteiger partial charge in [0.25, 0.3) is 0 Å². The van der Waals surface area contributed by atoms with Gasteiger partial charge in [-0.1, -0.05) is 12.1 Å². The predicted molar refractivity (Wildman–Crippen MR) is 142 cm³/mol. The zero-order chi connectivity index (χ0) is 19.9. The SMILES string of the molecule is Cc1cc(N)nc(C[C@H]2CNC[C@H]2N(C)CCNCCc2cccc(F)c2)c1.Cl.Cl.Cl.Cl. The third-order valence-electron chi connectivity index (χ3n) is 5.50. The lowest BCUT2D eigenvalue weighted by atomic mass is 9.96. The Bertz CT molecular complexity index is 763. The lowest BCUT2D eigenvalue weighted by Gasteiger charge is -2.29. The van der Waals surface area contributed by atoms with E-state index in [4.69, 9.17) is 5.73 Å². The zero-order valence-corrected chi connectivity index (χ0v) is 21.8. The Morgan fingerprint density at radius 1 is 1.12 bits per heavy atom. The summed E-state index contributed by atoms with van der Waals surface area (Å²) < 4.78 is 13.2. The van der Waals surface area contributed by atoms with Crippen LogP contribution in [0, 0.1) is 18.7 Å². The van der Waals surface area contributed by atoms with E-state index in [1.807, 2.05) is 12.1 Å². The van der Waals surface area contributed by atoms with Crippen molar-refractivity contribution in [2.24, 2.45) is 5.92 Å². The number of anilines is 1. The molecule has 0 radical (unpaired) electrons. The molecule has 1 saturated heterocycles. The van der Waals surface area contributed by atoms with Gasteiger partial charge in [0, 0.05) is 31.4 Å². The molecule has 32 heavy (non-hydrogen) atoms. The number of benzene rings is 1. The van der Waals surface area contributed by atoms with Crippen LogP contribution < -0.4 is 16.4 Å². The van der Waals surface area contributed by atoms with E-state index in [0.717, 1.165) is 56.8 Å². The Hall–Kier alpha value is -0.860. The molecule has 2 heterocycles. The summed E-state index contributed by atoms with van der Waals surface area (Å²) in [5.41, 5.74) is 9.19. The molecule has 1 fully saturated rings. The first-order chi connectivity index (χ1) is 13.5. The molecule has 3 rings (SSSR count). The maximum atomic E-state index is 13.2. The van der Waals surface area contributed by atoms with E-state index >= 15 is 0 Å². The van der Waals surface area contributed by atoms with Gasteiger partial charge in [0.2, 0.25) is 0 Å². The van der Waals surface area contributed by atoms with Crippen LogP contribution in [0.3, 0.4) is 0 Å². The summed E-state index contributed by atoms with van der Waals surface area (Å²) in [6.07, 6.45) is 1.79. The van der Waals surface area contributed by atoms with Gasteiger partial charge in [0.15, 0.2) is 0 Å². The molecule has 2 aromatic rings. The van der Waals surface area contributed by atoms with E-state index in [-0.39, 0.29) is 55.4 Å². The number of nitrogens with two attached hydrogens (primary N) is 1. The second kappa shape index (κ2) is 16.7. The molecule has 4 N–H and O–H groups in total. The van der Waals surface area contributed by atoms with Crippen molar-refractivity contribution < 1.29 is 4.39 Å². The van der Waals surface area contributed by atoms with E-state index in [9.17, 15) is 4.39 Å². The molecule has 1 aromatic carbocycles. The Morgan fingerprint density at radius 3 is 2.56 bits per heavy atom. The predicted octanol–water partition coefficient (Wildman–Crippen LogP) is 3.69. The summed E-state index contributed by atoms with van der Waals surface area (Å²) in [5, 5.41) is 7.00. The van der Waals surface area contributed by atoms with Crippen molar-refractivity contribution in [3.05, 3.63) is 59.0 Å². The van der Waals surface area contributed by atoms with Gasteiger partial charge in [-0.05, 0) is 81.2 Å². The molecule has 184 valence electrons. The Labute approximate surface area is 216 Å². The fourth-order valence-electron chi connectivity index (χ4n) is 4.06. The average molecular weight is 531 g/mol. The minimum Gasteiger partial charge on any atom is -0.384 e. The van der Waals surface area contributed by atoms with Crippen molar-refractivity contribution in [1.29, 1.82) is 0 Å². The Kier molecular flexibility index (Phi) is 17.4. The minimum absolute atomic E-state index is 0. The van der Waals surface area contributed by atoms with Gasteiger partial charge in [-0.15, -0.1) is 49.6 Å². The van der Waals surface area contributed by atoms with Crippen molar-refractivity contribution in [3.63, 3.8) is 0 Å². The van der Waals surface area contributed by atoms with Crippen LogP contribution in [0.4, 0.5) is 10.2 Å². The van der Waals surface area contributed by atoms with Crippen molar-refractivity contribution in [2.75, 3.05) is 45.5 Å². The quantitative estimate of drug-likeness (QED) is 0.431. The lowest BCUT2D eigenvalue weighted by molar-refractivity contribution is 0.211. The second-order valence-electron chi connectivity index (χ2n) is 7.86. The first kappa shape index (κ1) is 33.3. The third-order valence-corrected chi connectivity index (χ3v) is 5.50. The van der Waals surface area contributed by atoms with Crippen molar-refractivity contribution in [3.8, 4) is 0 Å². The molecule has 10 heteroatoms. The largest absolute Gasteiger partial charge is 0.384 e. The van der Waals surface area contributed by atoms with Crippen LogP contribution in [0.1, 0.15) is 16.8 Å². The Morgan fingerprint density at radius 2 is 1.88 bits per heavy atom. The monoisotopic (exact) mass is 529 g/mol. The molecule has 0 aliphatic carbocycles. The first-order valence-corrected chi connectivity index (χ1v) is 10.1. The van der Waals surface area contributed by atoms with Gasteiger partial charge in [-0.2, -0.15) is 0 Å². The number of hydrogen-bond acceptors (Lipinski definition) is 5. The van der Waals surface area contributed by atoms with E-state index < -0.39 is 0 Å². The molecular formula is C22H36Cl4FN5. The van der Waals surface area contributed by atoms with E-state index in [1.165, 1.54) is 11.6 Å². The number of aromatic nitrogens is 1. The number of aryl methyl sites for hydroxylation is 1. The summed E-state index contributed by atoms with van der Waals surface area (Å²) >= 11 is 0. The van der Waals surface area contributed by atoms with Crippen LogP contribution in [0.5, 0.6) is 0 Å². The standard InChI is InChI=1S/C22H32FN5.4ClH/c1-16-10-20(27-22(24)11-16)13-18-14-26-15-21(18)28(2)9-8-25-7-6-17-4-3-5-19(23)12-17;;;;/h3-5,10-12,18,21,25-26H,6-9,13-15H2,1-2H3,(H2,24,27);4*1H/t18-,21+;;;;/m0..../s1. The third kappa shape index (κ3) is 10.4. The molecule has 0 unspecified atom stereocenters. The normalized spacial score (nSPS) is 17.0. The second-order valence-corrected chi connectivity index (χ2v) is 7.86. The maximum absolute atomic E-state index is 13.2. The van der Waals surface area contributed by atoms with Gasteiger partial charge < -0.3 is 21.3 Å². The first-order valence-electron chi connectivity index (χ1n) is 10.1.